The molecule has 1 aliphatic heterocycles. The SMILES string of the molecule is CCCCCCCN(CC(O)O)CC1O[C@@H](OC(C)=O)C(OC(C)=O)[C@@H](C)[C@@H]1C. The molecule has 1 saturated heterocycles. The van der Waals surface area contributed by atoms with Gasteiger partial charge in [0.25, 0.3) is 0 Å². The Bertz CT molecular complexity index is 499. The van der Waals surface area contributed by atoms with Crippen LogP contribution in [-0.2, 0) is 23.8 Å². The van der Waals surface area contributed by atoms with Crippen LogP contribution >= 0.6 is 0 Å². The Morgan fingerprint density at radius 2 is 1.62 bits per heavy atom. The van der Waals surface area contributed by atoms with Crippen molar-refractivity contribution in [1.82, 2.24) is 4.90 Å². The zero-order valence-corrected chi connectivity index (χ0v) is 18.5. The van der Waals surface area contributed by atoms with Crippen LogP contribution in [0.2, 0.25) is 0 Å². The van der Waals surface area contributed by atoms with E-state index in [9.17, 15) is 19.8 Å². The van der Waals surface area contributed by atoms with E-state index in [2.05, 4.69) is 6.92 Å². The number of rotatable bonds is 12. The normalized spacial score (nSPS) is 27.3. The summed E-state index contributed by atoms with van der Waals surface area (Å²) < 4.78 is 16.7. The predicted molar refractivity (Wildman–Crippen MR) is 108 cm³/mol. The van der Waals surface area contributed by atoms with Crippen molar-refractivity contribution in [3.8, 4) is 0 Å². The molecule has 0 amide bonds. The third-order valence-electron chi connectivity index (χ3n) is 5.53. The molecule has 1 heterocycles. The standard InChI is InChI=1S/C21H39NO7/c1-6-7-8-9-10-11-22(13-19(25)26)12-18-14(2)15(3)20(27-16(4)23)21(29-18)28-17(5)24/h14-15,18-21,25-26H,6-13H2,1-5H3/t14-,15-,18?,20?,21+/m0/s1. The molecule has 8 nitrogen and oxygen atoms in total. The lowest BCUT2D eigenvalue weighted by Gasteiger charge is -2.44. The molecule has 1 fully saturated rings. The molecular formula is C21H39NO7. The van der Waals surface area contributed by atoms with Gasteiger partial charge in [-0.1, -0.05) is 46.5 Å². The van der Waals surface area contributed by atoms with E-state index in [4.69, 9.17) is 14.2 Å². The first-order valence-corrected chi connectivity index (χ1v) is 10.7. The van der Waals surface area contributed by atoms with Crippen LogP contribution in [0.1, 0.15) is 66.7 Å². The fourth-order valence-electron chi connectivity index (χ4n) is 3.76. The van der Waals surface area contributed by atoms with Gasteiger partial charge in [-0.15, -0.1) is 0 Å². The number of nitrogens with zero attached hydrogens (tertiary/aromatic N) is 1. The van der Waals surface area contributed by atoms with Gasteiger partial charge in [0.2, 0.25) is 6.29 Å². The molecule has 5 atom stereocenters. The average molecular weight is 418 g/mol. The molecule has 0 aromatic carbocycles. The lowest BCUT2D eigenvalue weighted by atomic mass is 9.83. The molecule has 2 N–H and O–H groups in total. The summed E-state index contributed by atoms with van der Waals surface area (Å²) in [7, 11) is 0. The smallest absolute Gasteiger partial charge is 0.305 e. The van der Waals surface area contributed by atoms with E-state index < -0.39 is 30.6 Å². The second kappa shape index (κ2) is 13.2. The molecule has 0 aromatic rings. The quantitative estimate of drug-likeness (QED) is 0.282. The first-order chi connectivity index (χ1) is 13.6. The number of esters is 2. The molecule has 0 aromatic heterocycles. The van der Waals surface area contributed by atoms with Crippen LogP contribution in [-0.4, -0.2) is 71.5 Å². The highest BCUT2D eigenvalue weighted by Gasteiger charge is 2.45. The Kier molecular flexibility index (Phi) is 11.7. The number of carbonyl (C=O) groups is 2. The maximum absolute atomic E-state index is 11.5. The summed E-state index contributed by atoms with van der Waals surface area (Å²) in [5, 5.41) is 18.9. The van der Waals surface area contributed by atoms with Gasteiger partial charge in [0.05, 0.1) is 6.10 Å². The Balaban J connectivity index is 2.80. The van der Waals surface area contributed by atoms with Gasteiger partial charge in [0.15, 0.2) is 12.4 Å². The minimum Gasteiger partial charge on any atom is -0.456 e. The third kappa shape index (κ3) is 9.42. The second-order valence-corrected chi connectivity index (χ2v) is 8.10. The molecular weight excluding hydrogens is 378 g/mol. The fraction of sp³-hybridized carbons (Fsp3) is 0.905. The van der Waals surface area contributed by atoms with E-state index in [0.717, 1.165) is 25.8 Å². The third-order valence-corrected chi connectivity index (χ3v) is 5.53. The van der Waals surface area contributed by atoms with Gasteiger partial charge in [-0.25, -0.2) is 0 Å². The van der Waals surface area contributed by atoms with Crippen LogP contribution in [0.5, 0.6) is 0 Å². The summed E-state index contributed by atoms with van der Waals surface area (Å²) in [5.41, 5.74) is 0. The van der Waals surface area contributed by atoms with Crippen molar-refractivity contribution in [2.24, 2.45) is 11.8 Å². The molecule has 8 heteroatoms. The lowest BCUT2D eigenvalue weighted by Crippen LogP contribution is -2.55. The molecule has 0 aliphatic carbocycles. The van der Waals surface area contributed by atoms with Crippen LogP contribution in [0.3, 0.4) is 0 Å². The van der Waals surface area contributed by atoms with Gasteiger partial charge in [0, 0.05) is 32.9 Å². The minimum absolute atomic E-state index is 0.0181. The highest BCUT2D eigenvalue weighted by atomic mass is 16.7. The highest BCUT2D eigenvalue weighted by molar-refractivity contribution is 5.67. The van der Waals surface area contributed by atoms with Crippen LogP contribution in [0.4, 0.5) is 0 Å². The van der Waals surface area contributed by atoms with Gasteiger partial charge in [-0.2, -0.15) is 0 Å². The molecule has 2 unspecified atom stereocenters. The van der Waals surface area contributed by atoms with E-state index in [1.165, 1.54) is 26.7 Å². The zero-order chi connectivity index (χ0) is 22.0. The van der Waals surface area contributed by atoms with Crippen molar-refractivity contribution in [2.45, 2.75) is 91.5 Å². The number of carbonyl (C=O) groups excluding carboxylic acids is 2. The molecule has 0 spiro atoms. The minimum atomic E-state index is -1.43. The predicted octanol–water partition coefficient (Wildman–Crippen LogP) is 2.06. The van der Waals surface area contributed by atoms with Gasteiger partial charge in [0.1, 0.15) is 0 Å². The fourth-order valence-corrected chi connectivity index (χ4v) is 3.76. The Labute approximate surface area is 174 Å². The molecule has 1 aliphatic rings. The van der Waals surface area contributed by atoms with Crippen LogP contribution in [0.25, 0.3) is 0 Å². The van der Waals surface area contributed by atoms with E-state index in [0.29, 0.717) is 6.54 Å². The Hall–Kier alpha value is -1.22. The largest absolute Gasteiger partial charge is 0.456 e. The summed E-state index contributed by atoms with van der Waals surface area (Å²) in [4.78, 5) is 25.0. The summed E-state index contributed by atoms with van der Waals surface area (Å²) in [6.45, 7) is 10.1. The van der Waals surface area contributed by atoms with E-state index in [-0.39, 0.29) is 24.5 Å². The van der Waals surface area contributed by atoms with Crippen molar-refractivity contribution in [2.75, 3.05) is 19.6 Å². The number of unbranched alkanes of at least 4 members (excludes halogenated alkanes) is 4. The van der Waals surface area contributed by atoms with Crippen molar-refractivity contribution in [1.29, 1.82) is 0 Å². The molecule has 170 valence electrons. The van der Waals surface area contributed by atoms with Gasteiger partial charge < -0.3 is 24.4 Å². The Morgan fingerprint density at radius 3 is 2.17 bits per heavy atom. The molecule has 0 saturated carbocycles. The van der Waals surface area contributed by atoms with Crippen LogP contribution < -0.4 is 0 Å². The second-order valence-electron chi connectivity index (χ2n) is 8.10. The van der Waals surface area contributed by atoms with E-state index in [1.54, 1.807) is 0 Å². The lowest BCUT2D eigenvalue weighted by molar-refractivity contribution is -0.268. The summed E-state index contributed by atoms with van der Waals surface area (Å²) in [6.07, 6.45) is 2.22. The van der Waals surface area contributed by atoms with E-state index >= 15 is 0 Å². The molecule has 0 radical (unpaired) electrons. The maximum atomic E-state index is 11.5. The van der Waals surface area contributed by atoms with Crippen LogP contribution in [0.15, 0.2) is 0 Å². The van der Waals surface area contributed by atoms with Crippen LogP contribution in [0, 0.1) is 11.8 Å². The molecule has 0 bridgehead atoms. The van der Waals surface area contributed by atoms with Crippen molar-refractivity contribution in [3.05, 3.63) is 0 Å². The zero-order valence-electron chi connectivity index (χ0n) is 18.5. The summed E-state index contributed by atoms with van der Waals surface area (Å²) in [5.74, 6) is -1.03. The first kappa shape index (κ1) is 25.8. The number of hydrogen-bond donors (Lipinski definition) is 2. The number of hydrogen-bond acceptors (Lipinski definition) is 8. The Morgan fingerprint density at radius 1 is 1.00 bits per heavy atom. The van der Waals surface area contributed by atoms with Crippen molar-refractivity contribution >= 4 is 11.9 Å². The topological polar surface area (TPSA) is 106 Å². The van der Waals surface area contributed by atoms with Crippen molar-refractivity contribution < 1.29 is 34.0 Å². The van der Waals surface area contributed by atoms with Crippen molar-refractivity contribution in [3.63, 3.8) is 0 Å². The average Bonchev–Trinajstić information content (AvgIpc) is 2.61. The number of aliphatic hydroxyl groups excluding tert-OH is 1. The highest BCUT2D eigenvalue weighted by Crippen LogP contribution is 2.34. The van der Waals surface area contributed by atoms with Gasteiger partial charge in [-0.3, -0.25) is 14.5 Å². The van der Waals surface area contributed by atoms with Gasteiger partial charge in [-0.05, 0) is 18.9 Å². The summed E-state index contributed by atoms with van der Waals surface area (Å²) in [6, 6.07) is 0. The monoisotopic (exact) mass is 417 g/mol. The van der Waals surface area contributed by atoms with E-state index in [1.807, 2.05) is 18.7 Å². The van der Waals surface area contributed by atoms with Gasteiger partial charge >= 0.3 is 11.9 Å². The summed E-state index contributed by atoms with van der Waals surface area (Å²) >= 11 is 0. The maximum Gasteiger partial charge on any atom is 0.305 e. The number of ether oxygens (including phenoxy) is 3. The number of aliphatic hydroxyl groups is 2. The molecule has 1 rings (SSSR count). The first-order valence-electron chi connectivity index (χ1n) is 10.7. The molecule has 29 heavy (non-hydrogen) atoms.